The van der Waals surface area contributed by atoms with Gasteiger partial charge in [-0.25, -0.2) is 4.98 Å². The number of aromatic amines is 1. The summed E-state index contributed by atoms with van der Waals surface area (Å²) in [4.78, 5) is 16.2. The Labute approximate surface area is 157 Å². The molecule has 1 aliphatic rings. The summed E-state index contributed by atoms with van der Waals surface area (Å²) in [5, 5.41) is 10.2. The van der Waals surface area contributed by atoms with E-state index in [9.17, 15) is 4.79 Å². The Kier molecular flexibility index (Phi) is 4.91. The minimum absolute atomic E-state index is 0.0171. The fraction of sp³-hybridized carbons (Fsp3) is 0.350. The van der Waals surface area contributed by atoms with E-state index in [1.807, 2.05) is 35.0 Å². The quantitative estimate of drug-likeness (QED) is 0.630. The maximum atomic E-state index is 12.2. The van der Waals surface area contributed by atoms with Gasteiger partial charge in [0.15, 0.2) is 5.82 Å². The standard InChI is InChI=1S/C20H23N5O2/c1-2-16-19-15(12-18(26)22-20(19)24-23-16)14-6-3-4-7-17(14)27-11-5-9-25-10-8-21-13-25/h3-4,6-8,10,13,15H,2,5,9,11-12H2,1H3,(H2,22,23,24,26)/t15-/m0/s1. The Morgan fingerprint density at radius 1 is 1.33 bits per heavy atom. The molecule has 3 heterocycles. The van der Waals surface area contributed by atoms with Crippen molar-refractivity contribution in [1.82, 2.24) is 19.7 Å². The van der Waals surface area contributed by atoms with Gasteiger partial charge in [-0.15, -0.1) is 0 Å². The molecule has 0 fully saturated rings. The predicted octanol–water partition coefficient (Wildman–Crippen LogP) is 3.11. The molecule has 3 aromatic rings. The number of rotatable bonds is 7. The van der Waals surface area contributed by atoms with Crippen LogP contribution in [0.25, 0.3) is 0 Å². The van der Waals surface area contributed by atoms with Gasteiger partial charge in [-0.1, -0.05) is 25.1 Å². The van der Waals surface area contributed by atoms with E-state index in [-0.39, 0.29) is 11.8 Å². The predicted molar refractivity (Wildman–Crippen MR) is 102 cm³/mol. The molecular formula is C20H23N5O2. The molecule has 0 saturated heterocycles. The second-order valence-corrected chi connectivity index (χ2v) is 6.66. The summed E-state index contributed by atoms with van der Waals surface area (Å²) in [6.45, 7) is 3.55. The van der Waals surface area contributed by atoms with Gasteiger partial charge < -0.3 is 14.6 Å². The number of nitrogens with zero attached hydrogens (tertiary/aromatic N) is 3. The average molecular weight is 365 g/mol. The van der Waals surface area contributed by atoms with Crippen molar-refractivity contribution in [2.75, 3.05) is 11.9 Å². The number of carbonyl (C=O) groups is 1. The smallest absolute Gasteiger partial charge is 0.226 e. The molecule has 0 bridgehead atoms. The molecule has 27 heavy (non-hydrogen) atoms. The highest BCUT2D eigenvalue weighted by Crippen LogP contribution is 2.41. The summed E-state index contributed by atoms with van der Waals surface area (Å²) < 4.78 is 8.13. The molecule has 1 amide bonds. The number of benzene rings is 1. The Morgan fingerprint density at radius 2 is 2.22 bits per heavy atom. The number of carbonyl (C=O) groups excluding carboxylic acids is 1. The first-order valence-electron chi connectivity index (χ1n) is 9.30. The summed E-state index contributed by atoms with van der Waals surface area (Å²) in [7, 11) is 0. The molecule has 2 N–H and O–H groups in total. The molecular weight excluding hydrogens is 342 g/mol. The number of hydrogen-bond acceptors (Lipinski definition) is 4. The van der Waals surface area contributed by atoms with Crippen LogP contribution in [0.4, 0.5) is 5.82 Å². The van der Waals surface area contributed by atoms with Crippen molar-refractivity contribution in [1.29, 1.82) is 0 Å². The molecule has 0 radical (unpaired) electrons. The van der Waals surface area contributed by atoms with Crippen LogP contribution in [0.2, 0.25) is 0 Å². The summed E-state index contributed by atoms with van der Waals surface area (Å²) in [6.07, 6.45) is 7.64. The monoisotopic (exact) mass is 365 g/mol. The topological polar surface area (TPSA) is 84.8 Å². The van der Waals surface area contributed by atoms with Gasteiger partial charge in [0, 0.05) is 48.1 Å². The Bertz CT molecular complexity index is 916. The summed E-state index contributed by atoms with van der Waals surface area (Å²) in [5.74, 6) is 1.41. The van der Waals surface area contributed by atoms with Gasteiger partial charge in [0.25, 0.3) is 0 Å². The molecule has 1 aromatic carbocycles. The largest absolute Gasteiger partial charge is 0.493 e. The second kappa shape index (κ2) is 7.65. The lowest BCUT2D eigenvalue weighted by atomic mass is 9.84. The van der Waals surface area contributed by atoms with E-state index in [2.05, 4.69) is 27.4 Å². The molecule has 7 nitrogen and oxygen atoms in total. The lowest BCUT2D eigenvalue weighted by Gasteiger charge is -2.25. The Morgan fingerprint density at radius 3 is 3.04 bits per heavy atom. The number of hydrogen-bond donors (Lipinski definition) is 2. The third-order valence-corrected chi connectivity index (χ3v) is 4.90. The van der Waals surface area contributed by atoms with E-state index < -0.39 is 0 Å². The molecule has 1 aliphatic heterocycles. The van der Waals surface area contributed by atoms with Crippen molar-refractivity contribution >= 4 is 11.7 Å². The number of aromatic nitrogens is 4. The van der Waals surface area contributed by atoms with Crippen LogP contribution in [-0.2, 0) is 17.8 Å². The molecule has 0 aliphatic carbocycles. The number of fused-ring (bicyclic) bond motifs is 1. The summed E-state index contributed by atoms with van der Waals surface area (Å²) in [6, 6.07) is 7.98. The van der Waals surface area contributed by atoms with Crippen LogP contribution in [0.15, 0.2) is 43.0 Å². The van der Waals surface area contributed by atoms with Crippen molar-refractivity contribution in [2.24, 2.45) is 0 Å². The molecule has 1 atom stereocenters. The number of aryl methyl sites for hydroxylation is 2. The van der Waals surface area contributed by atoms with Gasteiger partial charge in [-0.05, 0) is 18.9 Å². The average Bonchev–Trinajstić information content (AvgIpc) is 3.34. The Hall–Kier alpha value is -3.09. The van der Waals surface area contributed by atoms with Crippen LogP contribution < -0.4 is 10.1 Å². The van der Waals surface area contributed by atoms with E-state index in [0.717, 1.165) is 42.0 Å². The van der Waals surface area contributed by atoms with Crippen LogP contribution in [0.3, 0.4) is 0 Å². The fourth-order valence-corrected chi connectivity index (χ4v) is 3.61. The maximum absolute atomic E-state index is 12.2. The number of anilines is 1. The molecule has 0 unspecified atom stereocenters. The molecule has 0 spiro atoms. The highest BCUT2D eigenvalue weighted by Gasteiger charge is 2.32. The first kappa shape index (κ1) is 17.3. The van der Waals surface area contributed by atoms with Crippen LogP contribution >= 0.6 is 0 Å². The van der Waals surface area contributed by atoms with Crippen molar-refractivity contribution in [3.8, 4) is 5.75 Å². The zero-order valence-electron chi connectivity index (χ0n) is 15.3. The highest BCUT2D eigenvalue weighted by molar-refractivity contribution is 5.94. The lowest BCUT2D eigenvalue weighted by Crippen LogP contribution is -2.24. The summed E-state index contributed by atoms with van der Waals surface area (Å²) >= 11 is 0. The van der Waals surface area contributed by atoms with E-state index >= 15 is 0 Å². The third kappa shape index (κ3) is 3.58. The van der Waals surface area contributed by atoms with Crippen molar-refractivity contribution < 1.29 is 9.53 Å². The lowest BCUT2D eigenvalue weighted by molar-refractivity contribution is -0.116. The molecule has 140 valence electrons. The summed E-state index contributed by atoms with van der Waals surface area (Å²) in [5.41, 5.74) is 3.17. The maximum Gasteiger partial charge on any atom is 0.226 e. The van der Waals surface area contributed by atoms with Crippen LogP contribution in [0.5, 0.6) is 5.75 Å². The van der Waals surface area contributed by atoms with E-state index in [0.29, 0.717) is 18.8 Å². The van der Waals surface area contributed by atoms with E-state index in [1.165, 1.54) is 0 Å². The zero-order valence-corrected chi connectivity index (χ0v) is 15.3. The van der Waals surface area contributed by atoms with Gasteiger partial charge in [0.05, 0.1) is 12.9 Å². The van der Waals surface area contributed by atoms with Gasteiger partial charge in [-0.3, -0.25) is 9.89 Å². The van der Waals surface area contributed by atoms with Crippen molar-refractivity contribution in [2.45, 2.75) is 38.6 Å². The highest BCUT2D eigenvalue weighted by atomic mass is 16.5. The third-order valence-electron chi connectivity index (χ3n) is 4.90. The molecule has 2 aromatic heterocycles. The molecule has 7 heteroatoms. The fourth-order valence-electron chi connectivity index (χ4n) is 3.61. The first-order valence-corrected chi connectivity index (χ1v) is 9.30. The van der Waals surface area contributed by atoms with Crippen LogP contribution in [0, 0.1) is 0 Å². The Balaban J connectivity index is 1.54. The first-order chi connectivity index (χ1) is 13.3. The van der Waals surface area contributed by atoms with Gasteiger partial charge in [-0.2, -0.15) is 5.10 Å². The molecule has 0 saturated carbocycles. The van der Waals surface area contributed by atoms with E-state index in [4.69, 9.17) is 4.74 Å². The number of ether oxygens (including phenoxy) is 1. The minimum atomic E-state index is -0.0488. The molecule has 4 rings (SSSR count). The van der Waals surface area contributed by atoms with Gasteiger partial charge in [0.1, 0.15) is 5.75 Å². The van der Waals surface area contributed by atoms with Gasteiger partial charge in [0.2, 0.25) is 5.91 Å². The van der Waals surface area contributed by atoms with Crippen LogP contribution in [0.1, 0.15) is 42.5 Å². The van der Waals surface area contributed by atoms with E-state index in [1.54, 1.807) is 12.5 Å². The number of imidazole rings is 1. The number of H-pyrrole nitrogens is 1. The van der Waals surface area contributed by atoms with Crippen molar-refractivity contribution in [3.05, 3.63) is 59.8 Å². The van der Waals surface area contributed by atoms with Crippen LogP contribution in [-0.4, -0.2) is 32.3 Å². The number of amides is 1. The van der Waals surface area contributed by atoms with Gasteiger partial charge >= 0.3 is 0 Å². The second-order valence-electron chi connectivity index (χ2n) is 6.66. The minimum Gasteiger partial charge on any atom is -0.493 e. The normalized spacial score (nSPS) is 16.0. The number of para-hydroxylation sites is 1. The SMILES string of the molecule is CCc1[nH]nc2c1[C@H](c1ccccc1OCCCn1ccnc1)CC(=O)N2. The number of nitrogens with one attached hydrogen (secondary N) is 2. The van der Waals surface area contributed by atoms with Crippen molar-refractivity contribution in [3.63, 3.8) is 0 Å². The zero-order chi connectivity index (χ0) is 18.6.